The Morgan fingerprint density at radius 1 is 1.43 bits per heavy atom. The molecule has 0 unspecified atom stereocenters. The molecule has 0 aliphatic rings. The molecule has 0 saturated heterocycles. The number of H-pyrrole nitrogens is 1. The van der Waals surface area contributed by atoms with Crippen LogP contribution in [0.4, 0.5) is 5.82 Å². The van der Waals surface area contributed by atoms with Gasteiger partial charge in [-0.15, -0.1) is 0 Å². The lowest BCUT2D eigenvalue weighted by Gasteiger charge is -2.06. The third-order valence-corrected chi connectivity index (χ3v) is 2.09. The number of aromatic amines is 1. The van der Waals surface area contributed by atoms with Crippen molar-refractivity contribution < 1.29 is 0 Å². The molecule has 0 fully saturated rings. The topological polar surface area (TPSA) is 79.6 Å². The number of nitrogens with one attached hydrogen (secondary N) is 2. The van der Waals surface area contributed by atoms with Gasteiger partial charge in [-0.05, 0) is 6.07 Å². The summed E-state index contributed by atoms with van der Waals surface area (Å²) in [7, 11) is 0. The molecule has 0 amide bonds. The van der Waals surface area contributed by atoms with Gasteiger partial charge in [-0.3, -0.25) is 0 Å². The molecular formula is C9H13N5. The summed E-state index contributed by atoms with van der Waals surface area (Å²) in [6, 6.07) is 1.90. The molecule has 0 spiro atoms. The molecule has 0 atom stereocenters. The first kappa shape index (κ1) is 8.96. The van der Waals surface area contributed by atoms with Crippen molar-refractivity contribution in [2.45, 2.75) is 19.8 Å². The second-order valence-electron chi connectivity index (χ2n) is 3.47. The van der Waals surface area contributed by atoms with Crippen LogP contribution < -0.4 is 11.3 Å². The summed E-state index contributed by atoms with van der Waals surface area (Å²) < 4.78 is 0. The Balaban J connectivity index is 2.67. The van der Waals surface area contributed by atoms with E-state index in [0.29, 0.717) is 5.82 Å². The van der Waals surface area contributed by atoms with Crippen LogP contribution in [0.5, 0.6) is 0 Å². The van der Waals surface area contributed by atoms with E-state index in [1.807, 2.05) is 26.1 Å². The number of fused-ring (bicyclic) bond motifs is 1. The maximum absolute atomic E-state index is 5.39. The van der Waals surface area contributed by atoms with Gasteiger partial charge in [0, 0.05) is 12.1 Å². The fourth-order valence-electron chi connectivity index (χ4n) is 1.33. The molecule has 74 valence electrons. The van der Waals surface area contributed by atoms with Crippen LogP contribution in [-0.2, 0) is 0 Å². The minimum atomic E-state index is 0.287. The molecule has 5 heteroatoms. The molecule has 0 aliphatic heterocycles. The van der Waals surface area contributed by atoms with Crippen LogP contribution in [0.2, 0.25) is 0 Å². The Hall–Kier alpha value is -1.62. The van der Waals surface area contributed by atoms with E-state index in [1.54, 1.807) is 0 Å². The Morgan fingerprint density at radius 2 is 2.21 bits per heavy atom. The van der Waals surface area contributed by atoms with Crippen molar-refractivity contribution in [3.8, 4) is 0 Å². The molecule has 2 rings (SSSR count). The molecule has 2 heterocycles. The molecule has 0 saturated carbocycles. The van der Waals surface area contributed by atoms with E-state index in [0.717, 1.165) is 16.9 Å². The summed E-state index contributed by atoms with van der Waals surface area (Å²) >= 11 is 0. The van der Waals surface area contributed by atoms with Crippen LogP contribution in [0.1, 0.15) is 25.6 Å². The van der Waals surface area contributed by atoms with Gasteiger partial charge in [0.05, 0.1) is 5.39 Å². The summed E-state index contributed by atoms with van der Waals surface area (Å²) in [6.07, 6.45) is 1.82. The van der Waals surface area contributed by atoms with Crippen molar-refractivity contribution >= 4 is 16.9 Å². The zero-order valence-electron chi connectivity index (χ0n) is 8.20. The number of hydrogen-bond acceptors (Lipinski definition) is 4. The third-order valence-electron chi connectivity index (χ3n) is 2.09. The van der Waals surface area contributed by atoms with Crippen molar-refractivity contribution in [2.75, 3.05) is 5.43 Å². The molecule has 2 aromatic heterocycles. The second kappa shape index (κ2) is 3.26. The van der Waals surface area contributed by atoms with Crippen molar-refractivity contribution in [1.82, 2.24) is 15.0 Å². The smallest absolute Gasteiger partial charge is 0.153 e. The zero-order chi connectivity index (χ0) is 10.1. The van der Waals surface area contributed by atoms with Gasteiger partial charge in [0.2, 0.25) is 0 Å². The highest BCUT2D eigenvalue weighted by Crippen LogP contribution is 2.20. The van der Waals surface area contributed by atoms with Crippen LogP contribution in [0, 0.1) is 0 Å². The SMILES string of the molecule is CC(C)c1nc(NN)c2cc[nH]c2n1. The Labute approximate surface area is 81.7 Å². The third kappa shape index (κ3) is 1.31. The number of hydrogen-bond donors (Lipinski definition) is 3. The van der Waals surface area contributed by atoms with Gasteiger partial charge in [0.15, 0.2) is 5.82 Å². The Kier molecular flexibility index (Phi) is 2.09. The van der Waals surface area contributed by atoms with Gasteiger partial charge < -0.3 is 10.4 Å². The Morgan fingerprint density at radius 3 is 2.86 bits per heavy atom. The van der Waals surface area contributed by atoms with Gasteiger partial charge in [-0.25, -0.2) is 15.8 Å². The lowest BCUT2D eigenvalue weighted by atomic mass is 10.2. The lowest BCUT2D eigenvalue weighted by Crippen LogP contribution is -2.11. The predicted molar refractivity (Wildman–Crippen MR) is 55.8 cm³/mol. The number of nitrogens with zero attached hydrogens (tertiary/aromatic N) is 2. The molecule has 14 heavy (non-hydrogen) atoms. The van der Waals surface area contributed by atoms with Gasteiger partial charge in [-0.1, -0.05) is 13.8 Å². The Bertz CT molecular complexity index is 445. The molecular weight excluding hydrogens is 178 g/mol. The average Bonchev–Trinajstić information content (AvgIpc) is 2.63. The fraction of sp³-hybridized carbons (Fsp3) is 0.333. The molecule has 0 radical (unpaired) electrons. The van der Waals surface area contributed by atoms with Crippen LogP contribution in [0.3, 0.4) is 0 Å². The first-order valence-electron chi connectivity index (χ1n) is 4.54. The largest absolute Gasteiger partial charge is 0.346 e. The van der Waals surface area contributed by atoms with E-state index >= 15 is 0 Å². The monoisotopic (exact) mass is 191 g/mol. The highest BCUT2D eigenvalue weighted by Gasteiger charge is 2.09. The van der Waals surface area contributed by atoms with E-state index in [4.69, 9.17) is 5.84 Å². The quantitative estimate of drug-likeness (QED) is 0.494. The minimum absolute atomic E-state index is 0.287. The summed E-state index contributed by atoms with van der Waals surface area (Å²) in [4.78, 5) is 11.7. The van der Waals surface area contributed by atoms with Crippen LogP contribution in [0.25, 0.3) is 11.0 Å². The lowest BCUT2D eigenvalue weighted by molar-refractivity contribution is 0.782. The van der Waals surface area contributed by atoms with Crippen molar-refractivity contribution in [1.29, 1.82) is 0 Å². The van der Waals surface area contributed by atoms with E-state index in [2.05, 4.69) is 20.4 Å². The van der Waals surface area contributed by atoms with E-state index in [-0.39, 0.29) is 5.92 Å². The molecule has 0 aliphatic carbocycles. The highest BCUT2D eigenvalue weighted by molar-refractivity contribution is 5.86. The van der Waals surface area contributed by atoms with Crippen molar-refractivity contribution in [3.05, 3.63) is 18.1 Å². The van der Waals surface area contributed by atoms with Crippen molar-refractivity contribution in [2.24, 2.45) is 5.84 Å². The van der Waals surface area contributed by atoms with E-state index in [1.165, 1.54) is 0 Å². The van der Waals surface area contributed by atoms with Crippen LogP contribution >= 0.6 is 0 Å². The first-order valence-corrected chi connectivity index (χ1v) is 4.54. The van der Waals surface area contributed by atoms with Crippen LogP contribution in [-0.4, -0.2) is 15.0 Å². The number of nitrogens with two attached hydrogens (primary N) is 1. The van der Waals surface area contributed by atoms with E-state index in [9.17, 15) is 0 Å². The zero-order valence-corrected chi connectivity index (χ0v) is 8.20. The number of anilines is 1. The minimum Gasteiger partial charge on any atom is -0.346 e. The van der Waals surface area contributed by atoms with Gasteiger partial charge in [0.1, 0.15) is 11.5 Å². The van der Waals surface area contributed by atoms with Gasteiger partial charge >= 0.3 is 0 Å². The predicted octanol–water partition coefficient (Wildman–Crippen LogP) is 1.37. The summed E-state index contributed by atoms with van der Waals surface area (Å²) in [5.74, 6) is 7.13. The number of nitrogen functional groups attached to an aromatic ring is 1. The second-order valence-corrected chi connectivity index (χ2v) is 3.47. The first-order chi connectivity index (χ1) is 6.72. The number of aromatic nitrogens is 3. The standard InChI is InChI=1S/C9H13N5/c1-5(2)7-12-8-6(3-4-11-8)9(13-7)14-10/h3-5H,10H2,1-2H3,(H2,11,12,13,14). The summed E-state index contributed by atoms with van der Waals surface area (Å²) in [5.41, 5.74) is 3.40. The normalized spacial score (nSPS) is 11.1. The van der Waals surface area contributed by atoms with Crippen molar-refractivity contribution in [3.63, 3.8) is 0 Å². The number of rotatable bonds is 2. The van der Waals surface area contributed by atoms with Crippen LogP contribution in [0.15, 0.2) is 12.3 Å². The maximum Gasteiger partial charge on any atom is 0.153 e. The summed E-state index contributed by atoms with van der Waals surface area (Å²) in [5, 5.41) is 0.914. The molecule has 2 aromatic rings. The highest BCUT2D eigenvalue weighted by atomic mass is 15.3. The van der Waals surface area contributed by atoms with E-state index < -0.39 is 0 Å². The average molecular weight is 191 g/mol. The van der Waals surface area contributed by atoms with Gasteiger partial charge in [0.25, 0.3) is 0 Å². The van der Waals surface area contributed by atoms with Gasteiger partial charge in [-0.2, -0.15) is 0 Å². The fourth-order valence-corrected chi connectivity index (χ4v) is 1.33. The molecule has 5 nitrogen and oxygen atoms in total. The molecule has 0 bridgehead atoms. The maximum atomic E-state index is 5.39. The molecule has 4 N–H and O–H groups in total. The molecule has 0 aromatic carbocycles. The summed E-state index contributed by atoms with van der Waals surface area (Å²) in [6.45, 7) is 4.09. The number of hydrazine groups is 1.